The van der Waals surface area contributed by atoms with Gasteiger partial charge in [-0.25, -0.2) is 0 Å². The fourth-order valence-electron chi connectivity index (χ4n) is 2.16. The first-order chi connectivity index (χ1) is 7.70. The van der Waals surface area contributed by atoms with E-state index in [1.165, 1.54) is 0 Å². The minimum atomic E-state index is -0.0103. The highest BCUT2D eigenvalue weighted by molar-refractivity contribution is 5.83. The molecular formula is C12H24N2O2. The molecule has 94 valence electrons. The molecular weight excluding hydrogens is 204 g/mol. The highest BCUT2D eigenvalue weighted by Crippen LogP contribution is 2.14. The molecule has 1 heterocycles. The lowest BCUT2D eigenvalue weighted by Gasteiger charge is -2.22. The lowest BCUT2D eigenvalue weighted by molar-refractivity contribution is -0.129. The molecule has 0 spiro atoms. The molecule has 0 bridgehead atoms. The third-order valence-electron chi connectivity index (χ3n) is 3.11. The van der Waals surface area contributed by atoms with Crippen LogP contribution in [-0.2, 0) is 9.53 Å². The van der Waals surface area contributed by atoms with Gasteiger partial charge < -0.3 is 9.64 Å². The second kappa shape index (κ2) is 6.86. The molecule has 1 aliphatic rings. The molecule has 1 N–H and O–H groups in total. The Morgan fingerprint density at radius 2 is 2.12 bits per heavy atom. The van der Waals surface area contributed by atoms with Crippen molar-refractivity contribution in [2.45, 2.75) is 51.7 Å². The van der Waals surface area contributed by atoms with Gasteiger partial charge in [-0.15, -0.1) is 0 Å². The number of nitrogens with zero attached hydrogens (tertiary/aromatic N) is 1. The van der Waals surface area contributed by atoms with Gasteiger partial charge in [-0.1, -0.05) is 6.92 Å². The molecule has 1 amide bonds. The lowest BCUT2D eigenvalue weighted by atomic mass is 10.2. The number of carbonyl (C=O) groups is 1. The van der Waals surface area contributed by atoms with Gasteiger partial charge in [0.2, 0.25) is 5.91 Å². The van der Waals surface area contributed by atoms with Gasteiger partial charge in [-0.2, -0.15) is 0 Å². The molecule has 4 heteroatoms. The molecule has 1 saturated heterocycles. The van der Waals surface area contributed by atoms with Crippen LogP contribution in [0.5, 0.6) is 0 Å². The van der Waals surface area contributed by atoms with Crippen molar-refractivity contribution in [3.63, 3.8) is 0 Å². The van der Waals surface area contributed by atoms with E-state index in [1.54, 1.807) is 7.11 Å². The van der Waals surface area contributed by atoms with Crippen LogP contribution in [-0.4, -0.2) is 43.3 Å². The summed E-state index contributed by atoms with van der Waals surface area (Å²) in [5, 5.41) is 3.31. The summed E-state index contributed by atoms with van der Waals surface area (Å²) < 4.78 is 5.00. The summed E-state index contributed by atoms with van der Waals surface area (Å²) in [6.45, 7) is 5.75. The first kappa shape index (κ1) is 13.5. The number of amides is 1. The molecule has 1 rings (SSSR count). The molecule has 0 saturated carbocycles. The van der Waals surface area contributed by atoms with Crippen molar-refractivity contribution in [1.29, 1.82) is 0 Å². The minimum Gasteiger partial charge on any atom is -0.385 e. The molecule has 1 fully saturated rings. The number of rotatable bonds is 7. The first-order valence-electron chi connectivity index (χ1n) is 6.26. The van der Waals surface area contributed by atoms with Crippen molar-refractivity contribution in [2.75, 3.05) is 20.3 Å². The van der Waals surface area contributed by atoms with Crippen molar-refractivity contribution < 1.29 is 9.53 Å². The number of carbonyl (C=O) groups excluding carboxylic acids is 1. The van der Waals surface area contributed by atoms with Gasteiger partial charge in [0.05, 0.1) is 12.2 Å². The van der Waals surface area contributed by atoms with Gasteiger partial charge in [0.1, 0.15) is 0 Å². The normalized spacial score (nSPS) is 25.4. The van der Waals surface area contributed by atoms with Crippen LogP contribution in [0.1, 0.15) is 39.5 Å². The van der Waals surface area contributed by atoms with Crippen LogP contribution in [0.3, 0.4) is 0 Å². The standard InChI is InChI=1S/C12H24N2O2/c1-4-11-13-10(2)12(15)14(11)8-6-5-7-9-16-3/h10-11,13H,4-9H2,1-3H3. The topological polar surface area (TPSA) is 41.6 Å². The van der Waals surface area contributed by atoms with E-state index in [4.69, 9.17) is 4.74 Å². The number of ether oxygens (including phenoxy) is 1. The predicted octanol–water partition coefficient (Wildman–Crippen LogP) is 1.36. The SMILES string of the molecule is CCC1NC(C)C(=O)N1CCCCCOC. The van der Waals surface area contributed by atoms with Gasteiger partial charge in [-0.3, -0.25) is 10.1 Å². The van der Waals surface area contributed by atoms with Crippen LogP contribution in [0.2, 0.25) is 0 Å². The maximum atomic E-state index is 11.8. The van der Waals surface area contributed by atoms with Crippen LogP contribution in [0.25, 0.3) is 0 Å². The third kappa shape index (κ3) is 3.46. The van der Waals surface area contributed by atoms with Gasteiger partial charge in [0.15, 0.2) is 0 Å². The minimum absolute atomic E-state index is 0.0103. The van der Waals surface area contributed by atoms with E-state index in [0.29, 0.717) is 0 Å². The Labute approximate surface area is 98.3 Å². The quantitative estimate of drug-likeness (QED) is 0.669. The van der Waals surface area contributed by atoms with E-state index >= 15 is 0 Å². The van der Waals surface area contributed by atoms with E-state index in [-0.39, 0.29) is 18.1 Å². The Balaban J connectivity index is 2.26. The lowest BCUT2D eigenvalue weighted by Crippen LogP contribution is -2.37. The molecule has 16 heavy (non-hydrogen) atoms. The fourth-order valence-corrected chi connectivity index (χ4v) is 2.16. The molecule has 2 atom stereocenters. The van der Waals surface area contributed by atoms with Gasteiger partial charge >= 0.3 is 0 Å². The zero-order valence-corrected chi connectivity index (χ0v) is 10.7. The Kier molecular flexibility index (Phi) is 5.77. The van der Waals surface area contributed by atoms with Gasteiger partial charge in [0.25, 0.3) is 0 Å². The number of nitrogens with one attached hydrogen (secondary N) is 1. The largest absolute Gasteiger partial charge is 0.385 e. The Morgan fingerprint density at radius 1 is 1.38 bits per heavy atom. The molecule has 0 aromatic rings. The van der Waals surface area contributed by atoms with Crippen LogP contribution < -0.4 is 5.32 Å². The summed E-state index contributed by atoms with van der Waals surface area (Å²) in [4.78, 5) is 13.8. The van der Waals surface area contributed by atoms with Crippen molar-refractivity contribution in [2.24, 2.45) is 0 Å². The fraction of sp³-hybridized carbons (Fsp3) is 0.917. The van der Waals surface area contributed by atoms with E-state index < -0.39 is 0 Å². The van der Waals surface area contributed by atoms with E-state index in [0.717, 1.165) is 38.8 Å². The molecule has 1 aliphatic heterocycles. The van der Waals surface area contributed by atoms with E-state index in [1.807, 2.05) is 11.8 Å². The van der Waals surface area contributed by atoms with Crippen LogP contribution >= 0.6 is 0 Å². The summed E-state index contributed by atoms with van der Waals surface area (Å²) in [6, 6.07) is -0.0103. The smallest absolute Gasteiger partial charge is 0.240 e. The second-order valence-electron chi connectivity index (χ2n) is 4.40. The second-order valence-corrected chi connectivity index (χ2v) is 4.40. The number of unbranched alkanes of at least 4 members (excludes halogenated alkanes) is 2. The molecule has 0 aliphatic carbocycles. The number of methoxy groups -OCH3 is 1. The van der Waals surface area contributed by atoms with Gasteiger partial charge in [0, 0.05) is 20.3 Å². The van der Waals surface area contributed by atoms with Gasteiger partial charge in [-0.05, 0) is 32.6 Å². The third-order valence-corrected chi connectivity index (χ3v) is 3.11. The maximum absolute atomic E-state index is 11.8. The van der Waals surface area contributed by atoms with Crippen molar-refractivity contribution in [1.82, 2.24) is 10.2 Å². The average Bonchev–Trinajstić information content (AvgIpc) is 2.56. The molecule has 0 aromatic heterocycles. The average molecular weight is 228 g/mol. The molecule has 2 unspecified atom stereocenters. The van der Waals surface area contributed by atoms with Crippen molar-refractivity contribution in [3.05, 3.63) is 0 Å². The van der Waals surface area contributed by atoms with Crippen LogP contribution in [0.4, 0.5) is 0 Å². The molecule has 0 aromatic carbocycles. The molecule has 4 nitrogen and oxygen atoms in total. The Morgan fingerprint density at radius 3 is 2.75 bits per heavy atom. The summed E-state index contributed by atoms with van der Waals surface area (Å²) in [6.07, 6.45) is 4.50. The zero-order valence-electron chi connectivity index (χ0n) is 10.7. The summed E-state index contributed by atoms with van der Waals surface area (Å²) >= 11 is 0. The summed E-state index contributed by atoms with van der Waals surface area (Å²) in [5.74, 6) is 0.249. The van der Waals surface area contributed by atoms with Crippen LogP contribution in [0.15, 0.2) is 0 Å². The zero-order chi connectivity index (χ0) is 12.0. The highest BCUT2D eigenvalue weighted by atomic mass is 16.5. The van der Waals surface area contributed by atoms with E-state index in [2.05, 4.69) is 12.2 Å². The number of hydrogen-bond acceptors (Lipinski definition) is 3. The summed E-state index contributed by atoms with van der Waals surface area (Å²) in [7, 11) is 1.72. The predicted molar refractivity (Wildman–Crippen MR) is 64.1 cm³/mol. The molecule has 0 radical (unpaired) electrons. The monoisotopic (exact) mass is 228 g/mol. The highest BCUT2D eigenvalue weighted by Gasteiger charge is 2.34. The Bertz CT molecular complexity index is 221. The van der Waals surface area contributed by atoms with Crippen molar-refractivity contribution >= 4 is 5.91 Å². The Hall–Kier alpha value is -0.610. The van der Waals surface area contributed by atoms with Crippen molar-refractivity contribution in [3.8, 4) is 0 Å². The van der Waals surface area contributed by atoms with Crippen LogP contribution in [0, 0.1) is 0 Å². The first-order valence-corrected chi connectivity index (χ1v) is 6.26. The number of hydrogen-bond donors (Lipinski definition) is 1. The van der Waals surface area contributed by atoms with E-state index in [9.17, 15) is 4.79 Å². The maximum Gasteiger partial charge on any atom is 0.240 e. The summed E-state index contributed by atoms with van der Waals surface area (Å²) in [5.41, 5.74) is 0.